The number of piperazine rings is 1. The van der Waals surface area contributed by atoms with Crippen LogP contribution in [0.5, 0.6) is 0 Å². The van der Waals surface area contributed by atoms with Gasteiger partial charge in [-0.25, -0.2) is 9.59 Å². The van der Waals surface area contributed by atoms with Crippen molar-refractivity contribution in [3.8, 4) is 0 Å². The first-order chi connectivity index (χ1) is 17.3. The highest BCUT2D eigenvalue weighted by Crippen LogP contribution is 2.23. The lowest BCUT2D eigenvalue weighted by Crippen LogP contribution is -2.48. The highest BCUT2D eigenvalue weighted by molar-refractivity contribution is 5.68. The molecule has 2 N–H and O–H groups in total. The highest BCUT2D eigenvalue weighted by atomic mass is 16.6. The van der Waals surface area contributed by atoms with Gasteiger partial charge in [0.1, 0.15) is 11.7 Å². The van der Waals surface area contributed by atoms with Crippen LogP contribution in [0.15, 0.2) is 60.7 Å². The van der Waals surface area contributed by atoms with Gasteiger partial charge in [0.25, 0.3) is 0 Å². The second-order valence-corrected chi connectivity index (χ2v) is 10.3. The molecule has 36 heavy (non-hydrogen) atoms. The Morgan fingerprint density at radius 2 is 1.56 bits per heavy atom. The molecule has 1 heterocycles. The second kappa shape index (κ2) is 13.9. The number of benzene rings is 2. The lowest BCUT2D eigenvalue weighted by molar-refractivity contribution is 0.0228. The van der Waals surface area contributed by atoms with E-state index in [-0.39, 0.29) is 29.9 Å². The minimum Gasteiger partial charge on any atom is -0.446 e. The summed E-state index contributed by atoms with van der Waals surface area (Å²) < 4.78 is 10.8. The molecule has 1 aliphatic carbocycles. The molecule has 1 saturated heterocycles. The van der Waals surface area contributed by atoms with Crippen molar-refractivity contribution < 1.29 is 19.1 Å². The monoisotopic (exact) mass is 495 g/mol. The van der Waals surface area contributed by atoms with E-state index in [4.69, 9.17) is 9.47 Å². The zero-order valence-corrected chi connectivity index (χ0v) is 21.9. The molecule has 4 rings (SSSR count). The minimum atomic E-state index is -0.387. The van der Waals surface area contributed by atoms with Gasteiger partial charge in [-0.15, -0.1) is 0 Å². The van der Waals surface area contributed by atoms with Crippen LogP contribution in [0.25, 0.3) is 0 Å². The molecule has 2 aromatic rings. The third-order valence-electron chi connectivity index (χ3n) is 6.12. The van der Waals surface area contributed by atoms with E-state index in [2.05, 4.69) is 22.8 Å². The van der Waals surface area contributed by atoms with Gasteiger partial charge in [-0.2, -0.15) is 0 Å². The lowest BCUT2D eigenvalue weighted by atomic mass is 9.99. The lowest BCUT2D eigenvalue weighted by Gasteiger charge is -2.30. The fourth-order valence-electron chi connectivity index (χ4n) is 4.30. The molecular formula is C29H41N3O4. The number of ether oxygens (including phenoxy) is 2. The molecule has 0 radical (unpaired) electrons. The van der Waals surface area contributed by atoms with Crippen molar-refractivity contribution in [1.29, 1.82) is 0 Å². The number of carbonyl (C=O) groups is 2. The van der Waals surface area contributed by atoms with Gasteiger partial charge in [0.05, 0.1) is 6.04 Å². The van der Waals surface area contributed by atoms with Crippen LogP contribution in [0.2, 0.25) is 0 Å². The molecule has 0 bridgehead atoms. The number of hydrogen-bond donors (Lipinski definition) is 2. The van der Waals surface area contributed by atoms with Crippen LogP contribution in [0.4, 0.5) is 9.59 Å². The van der Waals surface area contributed by atoms with Gasteiger partial charge in [-0.3, -0.25) is 0 Å². The van der Waals surface area contributed by atoms with Crippen molar-refractivity contribution in [3.63, 3.8) is 0 Å². The van der Waals surface area contributed by atoms with Crippen molar-refractivity contribution in [2.24, 2.45) is 0 Å². The van der Waals surface area contributed by atoms with Crippen molar-refractivity contribution in [2.75, 3.05) is 26.2 Å². The van der Waals surface area contributed by atoms with Crippen LogP contribution < -0.4 is 10.6 Å². The van der Waals surface area contributed by atoms with Crippen LogP contribution in [0.1, 0.15) is 63.6 Å². The predicted molar refractivity (Wildman–Crippen MR) is 142 cm³/mol. The van der Waals surface area contributed by atoms with Gasteiger partial charge in [0.2, 0.25) is 0 Å². The molecule has 2 aromatic carbocycles. The van der Waals surface area contributed by atoms with Crippen LogP contribution in [0.3, 0.4) is 0 Å². The summed E-state index contributed by atoms with van der Waals surface area (Å²) in [5.74, 6) is 0. The van der Waals surface area contributed by atoms with Crippen LogP contribution >= 0.6 is 0 Å². The Morgan fingerprint density at radius 3 is 2.14 bits per heavy atom. The molecule has 196 valence electrons. The molecule has 2 fully saturated rings. The number of hydrogen-bond acceptors (Lipinski definition) is 5. The fourth-order valence-corrected chi connectivity index (χ4v) is 4.30. The van der Waals surface area contributed by atoms with Gasteiger partial charge in [-0.05, 0) is 64.0 Å². The van der Waals surface area contributed by atoms with Gasteiger partial charge >= 0.3 is 12.2 Å². The number of nitrogens with one attached hydrogen (secondary N) is 2. The zero-order chi connectivity index (χ0) is 25.8. The third kappa shape index (κ3) is 9.90. The summed E-state index contributed by atoms with van der Waals surface area (Å²) in [6.45, 7) is 8.86. The predicted octanol–water partition coefficient (Wildman–Crippen LogP) is 5.47. The first-order valence-electron chi connectivity index (χ1n) is 13.0. The summed E-state index contributed by atoms with van der Waals surface area (Å²) in [6.07, 6.45) is 4.63. The maximum atomic E-state index is 12.2. The molecule has 7 heteroatoms. The highest BCUT2D eigenvalue weighted by Gasteiger charge is 2.23. The Hall–Kier alpha value is -3.06. The third-order valence-corrected chi connectivity index (χ3v) is 6.12. The molecule has 1 saturated carbocycles. The maximum absolute atomic E-state index is 12.2. The largest absolute Gasteiger partial charge is 0.446 e. The average molecular weight is 496 g/mol. The first-order valence-corrected chi connectivity index (χ1v) is 13.0. The number of amides is 2. The van der Waals surface area contributed by atoms with Gasteiger partial charge in [0.15, 0.2) is 0 Å². The Labute approximate surface area is 215 Å². The van der Waals surface area contributed by atoms with Crippen LogP contribution in [-0.2, 0) is 15.9 Å². The molecule has 1 atom stereocenters. The summed E-state index contributed by atoms with van der Waals surface area (Å²) in [7, 11) is 0. The Kier molecular flexibility index (Phi) is 10.6. The van der Waals surface area contributed by atoms with Gasteiger partial charge in [0, 0.05) is 26.2 Å². The summed E-state index contributed by atoms with van der Waals surface area (Å²) in [5, 5.41) is 6.23. The summed E-state index contributed by atoms with van der Waals surface area (Å²) in [4.78, 5) is 25.5. The van der Waals surface area contributed by atoms with E-state index in [9.17, 15) is 9.59 Å². The normalized spacial score (nSPS) is 16.9. The SMILES string of the molecule is CC(C)(C)OC(=O)N1CCNCC1.O=C(NC(Cc1ccccc1)c1ccccc1)OC1CCCC1. The fraction of sp³-hybridized carbons (Fsp3) is 0.517. The van der Waals surface area contributed by atoms with Crippen molar-refractivity contribution in [3.05, 3.63) is 71.8 Å². The molecule has 0 aromatic heterocycles. The van der Waals surface area contributed by atoms with Crippen LogP contribution in [0, 0.1) is 0 Å². The zero-order valence-electron chi connectivity index (χ0n) is 21.9. The summed E-state index contributed by atoms with van der Waals surface area (Å²) in [6, 6.07) is 20.2. The maximum Gasteiger partial charge on any atom is 0.410 e. The van der Waals surface area contributed by atoms with Crippen LogP contribution in [-0.4, -0.2) is 55.0 Å². The average Bonchev–Trinajstić information content (AvgIpc) is 3.38. The molecule has 7 nitrogen and oxygen atoms in total. The smallest absolute Gasteiger partial charge is 0.410 e. The van der Waals surface area contributed by atoms with E-state index in [0.29, 0.717) is 0 Å². The van der Waals surface area contributed by atoms with E-state index in [1.807, 2.05) is 69.3 Å². The van der Waals surface area contributed by atoms with E-state index in [1.54, 1.807) is 4.90 Å². The van der Waals surface area contributed by atoms with E-state index in [0.717, 1.165) is 63.8 Å². The summed E-state index contributed by atoms with van der Waals surface area (Å²) >= 11 is 0. The second-order valence-electron chi connectivity index (χ2n) is 10.3. The van der Waals surface area contributed by atoms with Gasteiger partial charge < -0.3 is 25.0 Å². The molecule has 2 aliphatic rings. The molecule has 1 aliphatic heterocycles. The number of carbonyl (C=O) groups excluding carboxylic acids is 2. The molecule has 2 amide bonds. The van der Waals surface area contributed by atoms with E-state index < -0.39 is 0 Å². The topological polar surface area (TPSA) is 79.9 Å². The van der Waals surface area contributed by atoms with Crippen molar-refractivity contribution in [2.45, 2.75) is 70.6 Å². The number of nitrogens with zero attached hydrogens (tertiary/aromatic N) is 1. The Morgan fingerprint density at radius 1 is 0.972 bits per heavy atom. The molecule has 1 unspecified atom stereocenters. The molecule has 0 spiro atoms. The quantitative estimate of drug-likeness (QED) is 0.575. The number of rotatable bonds is 5. The van der Waals surface area contributed by atoms with Crippen molar-refractivity contribution in [1.82, 2.24) is 15.5 Å². The van der Waals surface area contributed by atoms with Crippen molar-refractivity contribution >= 4 is 12.2 Å². The van der Waals surface area contributed by atoms with E-state index >= 15 is 0 Å². The Balaban J connectivity index is 0.000000236. The van der Waals surface area contributed by atoms with E-state index in [1.165, 1.54) is 5.56 Å². The number of alkyl carbamates (subject to hydrolysis) is 1. The molecular weight excluding hydrogens is 454 g/mol. The standard InChI is InChI=1S/C20H23NO2.C9H18N2O2/c22-20(23-18-13-7-8-14-18)21-19(17-11-5-2-6-12-17)15-16-9-3-1-4-10-16;1-9(2,3)13-8(12)11-6-4-10-5-7-11/h1-6,9-12,18-19H,7-8,13-15H2,(H,21,22);10H,4-7H2,1-3H3. The minimum absolute atomic E-state index is 0.0764. The summed E-state index contributed by atoms with van der Waals surface area (Å²) in [5.41, 5.74) is 1.91. The van der Waals surface area contributed by atoms with Gasteiger partial charge in [-0.1, -0.05) is 60.7 Å². The first kappa shape index (κ1) is 27.5. The Bertz CT molecular complexity index is 919.